The van der Waals surface area contributed by atoms with Crippen LogP contribution >= 0.6 is 0 Å². The van der Waals surface area contributed by atoms with Crippen molar-refractivity contribution in [1.82, 2.24) is 5.32 Å². The third-order valence-electron chi connectivity index (χ3n) is 10.4. The Kier molecular flexibility index (Phi) is 6.89. The highest BCUT2D eigenvalue weighted by Gasteiger charge is 2.63. The van der Waals surface area contributed by atoms with Crippen molar-refractivity contribution in [1.29, 1.82) is 0 Å². The average Bonchev–Trinajstić information content (AvgIpc) is 3.18. The lowest BCUT2D eigenvalue weighted by Gasteiger charge is -2.58. The van der Waals surface area contributed by atoms with Crippen molar-refractivity contribution in [2.45, 2.75) is 76.9 Å². The number of allylic oxidation sites excluding steroid dienone is 2. The van der Waals surface area contributed by atoms with Gasteiger partial charge in [0, 0.05) is 5.41 Å². The fourth-order valence-electron chi connectivity index (χ4n) is 8.21. The summed E-state index contributed by atoms with van der Waals surface area (Å²) in [7, 11) is 0. The first kappa shape index (κ1) is 26.5. The van der Waals surface area contributed by atoms with Gasteiger partial charge in [0.05, 0.1) is 5.71 Å². The molecule has 0 saturated heterocycles. The highest BCUT2D eigenvalue weighted by atomic mass is 16.6. The number of nitrogens with zero attached hydrogens (tertiary/aromatic N) is 1. The molecule has 1 aromatic carbocycles. The molecule has 3 saturated carbocycles. The van der Waals surface area contributed by atoms with Crippen molar-refractivity contribution in [3.8, 4) is 12.3 Å². The van der Waals surface area contributed by atoms with E-state index in [0.29, 0.717) is 29.7 Å². The van der Waals surface area contributed by atoms with Gasteiger partial charge in [0.2, 0.25) is 0 Å². The Balaban J connectivity index is 1.22. The van der Waals surface area contributed by atoms with Gasteiger partial charge in [-0.2, -0.15) is 0 Å². The number of carboxylic acid groups (broad SMARTS) is 1. The van der Waals surface area contributed by atoms with E-state index in [-0.39, 0.29) is 17.4 Å². The maximum Gasteiger partial charge on any atom is 0.330 e. The van der Waals surface area contributed by atoms with Crippen LogP contribution < -0.4 is 5.32 Å². The van der Waals surface area contributed by atoms with Crippen LogP contribution in [0.4, 0.5) is 0 Å². The summed E-state index contributed by atoms with van der Waals surface area (Å²) < 4.78 is 0. The number of carbonyl (C=O) groups excluding carboxylic acids is 1. The van der Waals surface area contributed by atoms with E-state index in [1.54, 1.807) is 30.3 Å². The van der Waals surface area contributed by atoms with Crippen LogP contribution in [-0.4, -0.2) is 40.0 Å². The third-order valence-corrected chi connectivity index (χ3v) is 10.4. The second-order valence-corrected chi connectivity index (χ2v) is 12.1. The fraction of sp³-hybridized carbons (Fsp3) is 0.581. The lowest BCUT2D eigenvalue weighted by molar-refractivity contribution is -0.142. The number of fused-ring (bicyclic) bond motifs is 5. The minimum absolute atomic E-state index is 0.0991. The molecule has 0 aromatic heterocycles. The Labute approximate surface area is 224 Å². The summed E-state index contributed by atoms with van der Waals surface area (Å²) in [5.41, 5.74) is 1.64. The smallest absolute Gasteiger partial charge is 0.330 e. The van der Waals surface area contributed by atoms with Crippen LogP contribution in [0.25, 0.3) is 0 Å². The molecule has 7 atom stereocenters. The van der Waals surface area contributed by atoms with Gasteiger partial charge in [0.1, 0.15) is 5.60 Å². The van der Waals surface area contributed by atoms with Gasteiger partial charge in [0.25, 0.3) is 5.91 Å². The van der Waals surface area contributed by atoms with E-state index in [1.165, 1.54) is 5.57 Å². The fourth-order valence-corrected chi connectivity index (χ4v) is 8.21. The summed E-state index contributed by atoms with van der Waals surface area (Å²) in [6.45, 7) is 4.26. The summed E-state index contributed by atoms with van der Waals surface area (Å²) in [5, 5.41) is 27.5. The SMILES string of the molecule is C#CC1(O)CCC2C3CCC4=CC(=NOCC(=O)NC(C(=O)O)c5ccccc5)CCC4(C)C3CCC21C. The number of benzene rings is 1. The van der Waals surface area contributed by atoms with Crippen molar-refractivity contribution < 1.29 is 24.6 Å². The molecular formula is C31H38N2O5. The molecule has 7 heteroatoms. The quantitative estimate of drug-likeness (QED) is 0.376. The summed E-state index contributed by atoms with van der Waals surface area (Å²) in [6, 6.07) is 7.44. The van der Waals surface area contributed by atoms with Crippen molar-refractivity contribution in [3.05, 3.63) is 47.5 Å². The number of rotatable bonds is 6. The Hall–Kier alpha value is -3.11. The van der Waals surface area contributed by atoms with Crippen molar-refractivity contribution in [2.24, 2.45) is 33.7 Å². The van der Waals surface area contributed by atoms with Crippen LogP contribution in [0.1, 0.15) is 76.8 Å². The van der Waals surface area contributed by atoms with Crippen LogP contribution in [0.2, 0.25) is 0 Å². The molecular weight excluding hydrogens is 480 g/mol. The lowest BCUT2D eigenvalue weighted by Crippen LogP contribution is -2.54. The highest BCUT2D eigenvalue weighted by molar-refractivity contribution is 5.96. The van der Waals surface area contributed by atoms with Gasteiger partial charge < -0.3 is 20.4 Å². The number of terminal acetylenes is 1. The van der Waals surface area contributed by atoms with Gasteiger partial charge in [-0.15, -0.1) is 6.42 Å². The zero-order chi connectivity index (χ0) is 27.1. The summed E-state index contributed by atoms with van der Waals surface area (Å²) >= 11 is 0. The minimum atomic E-state index is -1.14. The number of carboxylic acids is 1. The van der Waals surface area contributed by atoms with E-state index in [2.05, 4.69) is 36.3 Å². The molecule has 0 bridgehead atoms. The molecule has 1 amide bonds. The van der Waals surface area contributed by atoms with E-state index >= 15 is 0 Å². The Bertz CT molecular complexity index is 1200. The second-order valence-electron chi connectivity index (χ2n) is 12.1. The zero-order valence-corrected chi connectivity index (χ0v) is 22.3. The Morgan fingerprint density at radius 2 is 1.87 bits per heavy atom. The number of aliphatic hydroxyl groups is 1. The summed E-state index contributed by atoms with van der Waals surface area (Å²) in [5.74, 6) is 2.69. The lowest BCUT2D eigenvalue weighted by atomic mass is 9.46. The predicted molar refractivity (Wildman–Crippen MR) is 144 cm³/mol. The molecule has 4 aliphatic rings. The zero-order valence-electron chi connectivity index (χ0n) is 22.3. The van der Waals surface area contributed by atoms with Gasteiger partial charge >= 0.3 is 5.97 Å². The molecule has 0 heterocycles. The van der Waals surface area contributed by atoms with Gasteiger partial charge in [-0.05, 0) is 86.2 Å². The maximum atomic E-state index is 12.4. The van der Waals surface area contributed by atoms with Crippen LogP contribution in [0.15, 0.2) is 47.1 Å². The number of hydrogen-bond acceptors (Lipinski definition) is 5. The molecule has 5 rings (SSSR count). The normalized spacial score (nSPS) is 37.6. The van der Waals surface area contributed by atoms with Gasteiger partial charge in [-0.3, -0.25) is 4.79 Å². The topological polar surface area (TPSA) is 108 Å². The van der Waals surface area contributed by atoms with Crippen LogP contribution in [0, 0.1) is 40.9 Å². The maximum absolute atomic E-state index is 12.4. The van der Waals surface area contributed by atoms with Crippen molar-refractivity contribution in [3.63, 3.8) is 0 Å². The number of nitrogens with one attached hydrogen (secondary N) is 1. The molecule has 0 radical (unpaired) electrons. The van der Waals surface area contributed by atoms with Crippen molar-refractivity contribution >= 4 is 17.6 Å². The van der Waals surface area contributed by atoms with E-state index < -0.39 is 23.5 Å². The number of oxime groups is 1. The third kappa shape index (κ3) is 4.33. The molecule has 1 aromatic rings. The Morgan fingerprint density at radius 3 is 2.58 bits per heavy atom. The van der Waals surface area contributed by atoms with Crippen molar-refractivity contribution in [2.75, 3.05) is 6.61 Å². The number of amides is 1. The van der Waals surface area contributed by atoms with Crippen LogP contribution in [0.5, 0.6) is 0 Å². The molecule has 7 nitrogen and oxygen atoms in total. The van der Waals surface area contributed by atoms with Gasteiger partial charge in [-0.25, -0.2) is 4.79 Å². The van der Waals surface area contributed by atoms with Crippen LogP contribution in [-0.2, 0) is 14.4 Å². The number of hydrogen-bond donors (Lipinski definition) is 3. The molecule has 3 fully saturated rings. The standard InChI is InChI=1S/C31H38N2O5/c1-4-31(37)17-14-25-23-11-10-21-18-22(12-15-29(21,2)24(23)13-16-30(25,31)3)33-38-19-26(34)32-27(28(35)36)20-8-6-5-7-9-20/h1,5-9,18,23-25,27,37H,10-17,19H2,2-3H3,(H,32,34)(H,35,36). The minimum Gasteiger partial charge on any atom is -0.479 e. The van der Waals surface area contributed by atoms with Gasteiger partial charge in [-0.1, -0.05) is 60.8 Å². The molecule has 3 N–H and O–H groups in total. The summed E-state index contributed by atoms with van der Waals surface area (Å²) in [4.78, 5) is 29.4. The van der Waals surface area contributed by atoms with E-state index in [1.807, 2.05) is 0 Å². The molecule has 202 valence electrons. The summed E-state index contributed by atoms with van der Waals surface area (Å²) in [6.07, 6.45) is 15.5. The molecule has 38 heavy (non-hydrogen) atoms. The first-order valence-electron chi connectivity index (χ1n) is 13.8. The molecule has 0 aliphatic heterocycles. The first-order chi connectivity index (χ1) is 18.1. The largest absolute Gasteiger partial charge is 0.479 e. The van der Waals surface area contributed by atoms with E-state index in [9.17, 15) is 19.8 Å². The van der Waals surface area contributed by atoms with Gasteiger partial charge in [0.15, 0.2) is 12.6 Å². The number of carbonyl (C=O) groups is 2. The van der Waals surface area contributed by atoms with Crippen LogP contribution in [0.3, 0.4) is 0 Å². The molecule has 7 unspecified atom stereocenters. The molecule has 4 aliphatic carbocycles. The average molecular weight is 519 g/mol. The predicted octanol–water partition coefficient (Wildman–Crippen LogP) is 4.63. The van der Waals surface area contributed by atoms with E-state index in [4.69, 9.17) is 11.3 Å². The second kappa shape index (κ2) is 9.89. The Morgan fingerprint density at radius 1 is 1.13 bits per heavy atom. The molecule has 0 spiro atoms. The number of aliphatic carboxylic acids is 1. The van der Waals surface area contributed by atoms with E-state index in [0.717, 1.165) is 50.7 Å². The highest BCUT2D eigenvalue weighted by Crippen LogP contribution is 2.67. The monoisotopic (exact) mass is 518 g/mol. The first-order valence-corrected chi connectivity index (χ1v) is 13.8.